The molecule has 0 aliphatic carbocycles. The molecule has 0 heterocycles. The van der Waals surface area contributed by atoms with Crippen molar-refractivity contribution in [1.29, 1.82) is 0 Å². The molecule has 0 fully saturated rings. The quantitative estimate of drug-likeness (QED) is 0.186. The molecule has 4 rings (SSSR count). The smallest absolute Gasteiger partial charge is 0.00638 e. The molecule has 4 aromatic carbocycles. The van der Waals surface area contributed by atoms with Gasteiger partial charge in [0.2, 0.25) is 0 Å². The van der Waals surface area contributed by atoms with Crippen molar-refractivity contribution in [2.45, 2.75) is 58.8 Å². The van der Waals surface area contributed by atoms with Crippen molar-refractivity contribution in [3.63, 3.8) is 0 Å². The number of allylic oxidation sites excluding steroid dienone is 5. The third kappa shape index (κ3) is 6.76. The second-order valence-electron chi connectivity index (χ2n) is 10.7. The Labute approximate surface area is 236 Å². The van der Waals surface area contributed by atoms with Crippen LogP contribution in [0.3, 0.4) is 0 Å². The maximum Gasteiger partial charge on any atom is 0.00638 e. The summed E-state index contributed by atoms with van der Waals surface area (Å²) in [6, 6.07) is 35.8. The third-order valence-corrected chi connectivity index (χ3v) is 8.19. The first-order valence-electron chi connectivity index (χ1n) is 14.2. The van der Waals surface area contributed by atoms with Gasteiger partial charge in [-0.15, -0.1) is 0 Å². The Kier molecular flexibility index (Phi) is 9.55. The SMILES string of the molecule is C=C/C=C(\C=C/C)C(C)c1ccc(C(C)c2cc(C(C)c3ccccc3)cc(Cc3ccccc3)c2C)cc1. The van der Waals surface area contributed by atoms with E-state index in [1.165, 1.54) is 50.1 Å². The molecule has 0 heteroatoms. The van der Waals surface area contributed by atoms with Crippen LogP contribution in [0.4, 0.5) is 0 Å². The van der Waals surface area contributed by atoms with Crippen molar-refractivity contribution in [2.24, 2.45) is 0 Å². The van der Waals surface area contributed by atoms with Crippen LogP contribution in [0.2, 0.25) is 0 Å². The van der Waals surface area contributed by atoms with E-state index in [2.05, 4.69) is 156 Å². The molecule has 0 aliphatic rings. The minimum atomic E-state index is 0.297. The number of hydrogen-bond donors (Lipinski definition) is 0. The summed E-state index contributed by atoms with van der Waals surface area (Å²) in [6.07, 6.45) is 9.21. The van der Waals surface area contributed by atoms with E-state index in [0.717, 1.165) is 6.42 Å². The van der Waals surface area contributed by atoms with Crippen LogP contribution in [0.25, 0.3) is 0 Å². The topological polar surface area (TPSA) is 0 Å². The van der Waals surface area contributed by atoms with Crippen LogP contribution in [0, 0.1) is 6.92 Å². The van der Waals surface area contributed by atoms with Gasteiger partial charge in [-0.25, -0.2) is 0 Å². The van der Waals surface area contributed by atoms with Crippen LogP contribution in [-0.4, -0.2) is 0 Å². The Hall–Kier alpha value is -3.90. The first-order chi connectivity index (χ1) is 18.9. The maximum absolute atomic E-state index is 3.90. The largest absolute Gasteiger partial charge is 0.0991 e. The molecule has 0 aromatic heterocycles. The van der Waals surface area contributed by atoms with Gasteiger partial charge in [0.25, 0.3) is 0 Å². The third-order valence-electron chi connectivity index (χ3n) is 8.19. The van der Waals surface area contributed by atoms with E-state index >= 15 is 0 Å². The minimum Gasteiger partial charge on any atom is -0.0991 e. The average molecular weight is 511 g/mol. The Morgan fingerprint density at radius 3 is 1.92 bits per heavy atom. The molecule has 0 N–H and O–H groups in total. The number of rotatable bonds is 10. The van der Waals surface area contributed by atoms with Crippen molar-refractivity contribution in [1.82, 2.24) is 0 Å². The highest BCUT2D eigenvalue weighted by molar-refractivity contribution is 5.49. The van der Waals surface area contributed by atoms with E-state index in [4.69, 9.17) is 0 Å². The van der Waals surface area contributed by atoms with E-state index in [-0.39, 0.29) is 0 Å². The lowest BCUT2D eigenvalue weighted by Gasteiger charge is -2.23. The first kappa shape index (κ1) is 28.1. The minimum absolute atomic E-state index is 0.297. The molecule has 0 amide bonds. The van der Waals surface area contributed by atoms with Gasteiger partial charge in [0.15, 0.2) is 0 Å². The van der Waals surface area contributed by atoms with Crippen LogP contribution in [0.1, 0.15) is 90.0 Å². The van der Waals surface area contributed by atoms with Crippen LogP contribution < -0.4 is 0 Å². The predicted molar refractivity (Wildman–Crippen MR) is 170 cm³/mol. The summed E-state index contributed by atoms with van der Waals surface area (Å²) in [5.74, 6) is 0.945. The van der Waals surface area contributed by atoms with E-state index < -0.39 is 0 Å². The molecular weight excluding hydrogens is 468 g/mol. The van der Waals surface area contributed by atoms with Crippen LogP contribution >= 0.6 is 0 Å². The Morgan fingerprint density at radius 2 is 1.31 bits per heavy atom. The van der Waals surface area contributed by atoms with Gasteiger partial charge in [-0.3, -0.25) is 0 Å². The molecule has 0 radical (unpaired) electrons. The monoisotopic (exact) mass is 510 g/mol. The highest BCUT2D eigenvalue weighted by Gasteiger charge is 2.19. The van der Waals surface area contributed by atoms with E-state index in [1.807, 2.05) is 6.08 Å². The lowest BCUT2D eigenvalue weighted by molar-refractivity contribution is 0.864. The summed E-state index contributed by atoms with van der Waals surface area (Å²) in [7, 11) is 0. The van der Waals surface area contributed by atoms with E-state index in [0.29, 0.717) is 17.8 Å². The van der Waals surface area contributed by atoms with E-state index in [1.54, 1.807) is 0 Å². The summed E-state index contributed by atoms with van der Waals surface area (Å²) in [4.78, 5) is 0. The van der Waals surface area contributed by atoms with Gasteiger partial charge >= 0.3 is 0 Å². The lowest BCUT2D eigenvalue weighted by Crippen LogP contribution is -2.07. The molecule has 0 nitrogen and oxygen atoms in total. The van der Waals surface area contributed by atoms with E-state index in [9.17, 15) is 0 Å². The van der Waals surface area contributed by atoms with Crippen LogP contribution in [0.5, 0.6) is 0 Å². The molecule has 198 valence electrons. The zero-order chi connectivity index (χ0) is 27.8. The van der Waals surface area contributed by atoms with Crippen molar-refractivity contribution in [3.8, 4) is 0 Å². The first-order valence-corrected chi connectivity index (χ1v) is 14.2. The molecule has 3 unspecified atom stereocenters. The van der Waals surface area contributed by atoms with Gasteiger partial charge in [-0.2, -0.15) is 0 Å². The summed E-state index contributed by atoms with van der Waals surface area (Å²) in [5, 5.41) is 0. The summed E-state index contributed by atoms with van der Waals surface area (Å²) >= 11 is 0. The molecule has 39 heavy (non-hydrogen) atoms. The van der Waals surface area contributed by atoms with Crippen molar-refractivity contribution in [2.75, 3.05) is 0 Å². The lowest BCUT2D eigenvalue weighted by atomic mass is 9.81. The highest BCUT2D eigenvalue weighted by Crippen LogP contribution is 2.35. The standard InChI is InChI=1S/C39H42/c1-7-15-33(16-8-2)28(3)35-21-23-36(24-22-35)30(5)39-27-38(29(4)34-19-13-10-14-20-34)26-37(31(39)6)25-32-17-11-9-12-18-32/h7-24,26-30H,1,25H2,2-6H3/b16-8-,33-15+. The Bertz CT molecular complexity index is 1420. The van der Waals surface area contributed by atoms with Crippen LogP contribution in [-0.2, 0) is 6.42 Å². The van der Waals surface area contributed by atoms with Crippen molar-refractivity contribution in [3.05, 3.63) is 178 Å². The summed E-state index contributed by atoms with van der Waals surface area (Å²) in [5.41, 5.74) is 12.3. The Morgan fingerprint density at radius 1 is 0.718 bits per heavy atom. The average Bonchev–Trinajstić information content (AvgIpc) is 2.98. The van der Waals surface area contributed by atoms with Crippen molar-refractivity contribution >= 4 is 0 Å². The fourth-order valence-corrected chi connectivity index (χ4v) is 5.58. The zero-order valence-corrected chi connectivity index (χ0v) is 24.2. The van der Waals surface area contributed by atoms with Gasteiger partial charge in [-0.05, 0) is 70.3 Å². The molecule has 0 aliphatic heterocycles. The fraction of sp³-hybridized carbons (Fsp3) is 0.231. The highest BCUT2D eigenvalue weighted by atomic mass is 14.2. The fourth-order valence-electron chi connectivity index (χ4n) is 5.58. The number of hydrogen-bond acceptors (Lipinski definition) is 0. The summed E-state index contributed by atoms with van der Waals surface area (Å²) in [6.45, 7) is 15.2. The molecular formula is C39H42. The molecule has 0 bridgehead atoms. The van der Waals surface area contributed by atoms with Crippen LogP contribution in [0.15, 0.2) is 134 Å². The second kappa shape index (κ2) is 13.3. The molecule has 0 saturated heterocycles. The van der Waals surface area contributed by atoms with Gasteiger partial charge in [0.1, 0.15) is 0 Å². The second-order valence-corrected chi connectivity index (χ2v) is 10.7. The molecule has 4 aromatic rings. The predicted octanol–water partition coefficient (Wildman–Crippen LogP) is 10.7. The normalized spacial score (nSPS) is 14.2. The maximum atomic E-state index is 3.90. The van der Waals surface area contributed by atoms with Gasteiger partial charge in [-0.1, -0.05) is 149 Å². The number of benzene rings is 4. The van der Waals surface area contributed by atoms with Gasteiger partial charge < -0.3 is 0 Å². The van der Waals surface area contributed by atoms with Gasteiger partial charge in [0, 0.05) is 17.8 Å². The zero-order valence-electron chi connectivity index (χ0n) is 24.2. The van der Waals surface area contributed by atoms with Crippen molar-refractivity contribution < 1.29 is 0 Å². The Balaban J connectivity index is 1.72. The van der Waals surface area contributed by atoms with Gasteiger partial charge in [0.05, 0.1) is 0 Å². The molecule has 3 atom stereocenters. The summed E-state index contributed by atoms with van der Waals surface area (Å²) < 4.78 is 0. The molecule has 0 saturated carbocycles. The molecule has 0 spiro atoms.